The summed E-state index contributed by atoms with van der Waals surface area (Å²) in [6, 6.07) is 17.3. The number of nitrogens with zero attached hydrogens (tertiary/aromatic N) is 3. The fourth-order valence-corrected chi connectivity index (χ4v) is 3.60. The van der Waals surface area contributed by atoms with Crippen molar-refractivity contribution in [3.8, 4) is 11.6 Å². The van der Waals surface area contributed by atoms with Gasteiger partial charge in [0.2, 0.25) is 5.88 Å². The van der Waals surface area contributed by atoms with E-state index < -0.39 is 0 Å². The zero-order valence-corrected chi connectivity index (χ0v) is 15.7. The summed E-state index contributed by atoms with van der Waals surface area (Å²) >= 11 is 0. The van der Waals surface area contributed by atoms with Crippen molar-refractivity contribution >= 4 is 27.8 Å². The Balaban J connectivity index is 1.39. The van der Waals surface area contributed by atoms with Gasteiger partial charge in [0.05, 0.1) is 0 Å². The summed E-state index contributed by atoms with van der Waals surface area (Å²) in [7, 11) is 0. The third-order valence-electron chi connectivity index (χ3n) is 5.02. The van der Waals surface area contributed by atoms with E-state index in [9.17, 15) is 5.21 Å². The number of amidine groups is 1. The Kier molecular flexibility index (Phi) is 4.37. The molecule has 3 heterocycles. The second-order valence-corrected chi connectivity index (χ2v) is 6.87. The molecule has 0 atom stereocenters. The van der Waals surface area contributed by atoms with Crippen molar-refractivity contribution in [2.45, 2.75) is 6.42 Å². The van der Waals surface area contributed by atoms with Gasteiger partial charge in [-0.1, -0.05) is 35.5 Å². The molecule has 1 aliphatic heterocycles. The Morgan fingerprint density at radius 1 is 1.03 bits per heavy atom. The molecule has 6 heteroatoms. The first kappa shape index (κ1) is 17.3. The Hall–Kier alpha value is -3.80. The Bertz CT molecular complexity index is 1230. The van der Waals surface area contributed by atoms with Gasteiger partial charge in [-0.2, -0.15) is 0 Å². The molecule has 0 saturated heterocycles. The highest BCUT2D eigenvalue weighted by atomic mass is 16.5. The van der Waals surface area contributed by atoms with Gasteiger partial charge in [-0.25, -0.2) is 4.98 Å². The first-order chi connectivity index (χ1) is 14.3. The van der Waals surface area contributed by atoms with Crippen LogP contribution in [0.3, 0.4) is 0 Å². The lowest BCUT2D eigenvalue weighted by molar-refractivity contribution is 0.303. The number of benzene rings is 2. The molecule has 0 bridgehead atoms. The molecule has 1 aliphatic rings. The van der Waals surface area contributed by atoms with Gasteiger partial charge in [-0.05, 0) is 36.8 Å². The molecule has 29 heavy (non-hydrogen) atoms. The van der Waals surface area contributed by atoms with Gasteiger partial charge in [0, 0.05) is 41.7 Å². The first-order valence-corrected chi connectivity index (χ1v) is 9.49. The van der Waals surface area contributed by atoms with E-state index in [-0.39, 0.29) is 0 Å². The number of rotatable bonds is 3. The maximum absolute atomic E-state index is 9.46. The molecule has 0 spiro atoms. The van der Waals surface area contributed by atoms with Gasteiger partial charge < -0.3 is 19.3 Å². The van der Waals surface area contributed by atoms with E-state index in [2.05, 4.69) is 22.3 Å². The van der Waals surface area contributed by atoms with Crippen LogP contribution in [0, 0.1) is 0 Å². The van der Waals surface area contributed by atoms with Crippen LogP contribution in [-0.2, 0) is 0 Å². The molecule has 2 aromatic heterocycles. The normalized spacial score (nSPS) is 14.6. The van der Waals surface area contributed by atoms with Gasteiger partial charge in [0.15, 0.2) is 5.84 Å². The Labute approximate surface area is 167 Å². The third kappa shape index (κ3) is 3.29. The van der Waals surface area contributed by atoms with Crippen molar-refractivity contribution in [1.29, 1.82) is 0 Å². The fraction of sp³-hybridized carbons (Fsp3) is 0.130. The highest BCUT2D eigenvalue weighted by Crippen LogP contribution is 2.32. The lowest BCUT2D eigenvalue weighted by Crippen LogP contribution is -2.34. The number of hydrogen-bond donors (Lipinski definition) is 1. The highest BCUT2D eigenvalue weighted by Gasteiger charge is 2.15. The molecule has 6 nitrogen and oxygen atoms in total. The molecule has 0 unspecified atom stereocenters. The Morgan fingerprint density at radius 3 is 2.72 bits per heavy atom. The predicted octanol–water partition coefficient (Wildman–Crippen LogP) is 5.17. The number of ether oxygens (including phenoxy) is 1. The van der Waals surface area contributed by atoms with E-state index in [1.54, 1.807) is 12.3 Å². The van der Waals surface area contributed by atoms with Crippen LogP contribution in [0.4, 0.5) is 0 Å². The quantitative estimate of drug-likeness (QED) is 0.173. The molecule has 144 valence electrons. The van der Waals surface area contributed by atoms with Crippen LogP contribution in [0.15, 0.2) is 82.5 Å². The zero-order valence-electron chi connectivity index (χ0n) is 15.7. The van der Waals surface area contributed by atoms with Gasteiger partial charge in [-0.3, -0.25) is 0 Å². The smallest absolute Gasteiger partial charge is 0.219 e. The number of fused-ring (bicyclic) bond motifs is 3. The van der Waals surface area contributed by atoms with Crippen LogP contribution in [0.5, 0.6) is 11.6 Å². The zero-order chi connectivity index (χ0) is 19.6. The summed E-state index contributed by atoms with van der Waals surface area (Å²) in [6.45, 7) is 1.53. The second-order valence-electron chi connectivity index (χ2n) is 6.87. The van der Waals surface area contributed by atoms with E-state index >= 15 is 0 Å². The standard InChI is InChI=1S/C23H19N3O3/c27-25-23(26-12-4-1-5-13-26)16-8-11-22(24-15-16)28-17-9-10-21-19(14-17)18-6-2-3-7-20(18)29-21/h1-4,6-11,14-15,27H,5,12-13H2/b25-23-. The van der Waals surface area contributed by atoms with Crippen molar-refractivity contribution < 1.29 is 14.4 Å². The van der Waals surface area contributed by atoms with Crippen molar-refractivity contribution in [2.24, 2.45) is 5.16 Å². The van der Waals surface area contributed by atoms with Gasteiger partial charge >= 0.3 is 0 Å². The molecule has 0 amide bonds. The summed E-state index contributed by atoms with van der Waals surface area (Å²) in [4.78, 5) is 6.39. The largest absolute Gasteiger partial charge is 0.456 e. The van der Waals surface area contributed by atoms with Crippen molar-refractivity contribution in [1.82, 2.24) is 9.88 Å². The van der Waals surface area contributed by atoms with E-state index in [1.165, 1.54) is 0 Å². The van der Waals surface area contributed by atoms with Crippen LogP contribution >= 0.6 is 0 Å². The summed E-state index contributed by atoms with van der Waals surface area (Å²) in [6.07, 6.45) is 6.78. The predicted molar refractivity (Wildman–Crippen MR) is 112 cm³/mol. The third-order valence-corrected chi connectivity index (χ3v) is 5.02. The van der Waals surface area contributed by atoms with E-state index in [0.717, 1.165) is 47.0 Å². The molecule has 5 rings (SSSR count). The van der Waals surface area contributed by atoms with Crippen LogP contribution in [0.2, 0.25) is 0 Å². The SMILES string of the molecule is O/N=C(/c1ccc(Oc2ccc3oc4ccccc4c3c2)nc1)N1CC=CCC1. The number of para-hydroxylation sites is 1. The van der Waals surface area contributed by atoms with E-state index in [4.69, 9.17) is 9.15 Å². The van der Waals surface area contributed by atoms with Crippen molar-refractivity contribution in [2.75, 3.05) is 13.1 Å². The lowest BCUT2D eigenvalue weighted by Gasteiger charge is -2.25. The summed E-state index contributed by atoms with van der Waals surface area (Å²) in [5.41, 5.74) is 2.41. The van der Waals surface area contributed by atoms with Crippen LogP contribution in [0.1, 0.15) is 12.0 Å². The summed E-state index contributed by atoms with van der Waals surface area (Å²) in [5, 5.41) is 15.0. The first-order valence-electron chi connectivity index (χ1n) is 9.49. The molecular formula is C23H19N3O3. The molecule has 4 aromatic rings. The number of furan rings is 1. The minimum atomic E-state index is 0.469. The van der Waals surface area contributed by atoms with Crippen LogP contribution in [-0.4, -0.2) is 34.0 Å². The molecule has 0 fully saturated rings. The number of aromatic nitrogens is 1. The molecule has 0 saturated carbocycles. The van der Waals surface area contributed by atoms with Crippen LogP contribution < -0.4 is 4.74 Å². The maximum atomic E-state index is 9.46. The number of pyridine rings is 1. The monoisotopic (exact) mass is 385 g/mol. The average Bonchev–Trinajstić information content (AvgIpc) is 3.14. The number of oxime groups is 1. The van der Waals surface area contributed by atoms with Crippen molar-refractivity contribution in [3.63, 3.8) is 0 Å². The topological polar surface area (TPSA) is 71.1 Å². The Morgan fingerprint density at radius 2 is 1.93 bits per heavy atom. The minimum absolute atomic E-state index is 0.469. The molecular weight excluding hydrogens is 366 g/mol. The lowest BCUT2D eigenvalue weighted by atomic mass is 10.1. The average molecular weight is 385 g/mol. The van der Waals surface area contributed by atoms with Gasteiger partial charge in [0.1, 0.15) is 16.9 Å². The van der Waals surface area contributed by atoms with Gasteiger partial charge in [0.25, 0.3) is 0 Å². The highest BCUT2D eigenvalue weighted by molar-refractivity contribution is 6.05. The molecule has 2 aromatic carbocycles. The van der Waals surface area contributed by atoms with Gasteiger partial charge in [-0.15, -0.1) is 0 Å². The summed E-state index contributed by atoms with van der Waals surface area (Å²) in [5.74, 6) is 1.66. The fourth-order valence-electron chi connectivity index (χ4n) is 3.60. The molecule has 0 aliphatic carbocycles. The minimum Gasteiger partial charge on any atom is -0.456 e. The molecule has 0 radical (unpaired) electrons. The molecule has 1 N–H and O–H groups in total. The summed E-state index contributed by atoms with van der Waals surface area (Å²) < 4.78 is 11.8. The van der Waals surface area contributed by atoms with Crippen molar-refractivity contribution in [3.05, 3.63) is 78.5 Å². The van der Waals surface area contributed by atoms with E-state index in [0.29, 0.717) is 17.5 Å². The number of hydrogen-bond acceptors (Lipinski definition) is 5. The van der Waals surface area contributed by atoms with E-state index in [1.807, 2.05) is 53.4 Å². The second kappa shape index (κ2) is 7.31. The maximum Gasteiger partial charge on any atom is 0.219 e. The van der Waals surface area contributed by atoms with Crippen LogP contribution in [0.25, 0.3) is 21.9 Å².